The second kappa shape index (κ2) is 9.02. The van der Waals surface area contributed by atoms with Crippen LogP contribution < -0.4 is 5.32 Å². The van der Waals surface area contributed by atoms with E-state index in [1.54, 1.807) is 18.2 Å². The third kappa shape index (κ3) is 4.44. The normalized spacial score (nSPS) is 12.4. The standard InChI is InChI=1S/C24H19ClN2O4/c25-22-12-11-16(14-23(22)27(29)30)6-5-13-26-24(28)31-15-21-19-9-3-1-7-17(19)18-8-2-4-10-20(18)21/h1-12,14,21H,13,15H2,(H,26,28). The molecule has 0 aromatic heterocycles. The van der Waals surface area contributed by atoms with Gasteiger partial charge in [0.2, 0.25) is 0 Å². The number of benzene rings is 3. The van der Waals surface area contributed by atoms with Crippen LogP contribution in [0, 0.1) is 10.1 Å². The lowest BCUT2D eigenvalue weighted by Crippen LogP contribution is -2.26. The van der Waals surface area contributed by atoms with Crippen molar-refractivity contribution in [1.29, 1.82) is 0 Å². The molecule has 0 spiro atoms. The molecule has 1 N–H and O–H groups in total. The molecule has 3 aromatic carbocycles. The zero-order valence-electron chi connectivity index (χ0n) is 16.5. The summed E-state index contributed by atoms with van der Waals surface area (Å²) in [5.41, 5.74) is 5.11. The van der Waals surface area contributed by atoms with E-state index in [1.807, 2.05) is 24.3 Å². The highest BCUT2D eigenvalue weighted by Crippen LogP contribution is 2.44. The average Bonchev–Trinajstić information content (AvgIpc) is 3.10. The van der Waals surface area contributed by atoms with Gasteiger partial charge in [0.25, 0.3) is 5.69 Å². The number of rotatable bonds is 6. The molecule has 4 rings (SSSR count). The summed E-state index contributed by atoms with van der Waals surface area (Å²) >= 11 is 5.81. The summed E-state index contributed by atoms with van der Waals surface area (Å²) in [4.78, 5) is 22.6. The average molecular weight is 435 g/mol. The smallest absolute Gasteiger partial charge is 0.407 e. The van der Waals surface area contributed by atoms with Crippen molar-refractivity contribution >= 4 is 29.5 Å². The molecule has 0 heterocycles. The molecule has 0 fully saturated rings. The third-order valence-electron chi connectivity index (χ3n) is 5.19. The van der Waals surface area contributed by atoms with E-state index in [2.05, 4.69) is 29.6 Å². The highest BCUT2D eigenvalue weighted by atomic mass is 35.5. The predicted molar refractivity (Wildman–Crippen MR) is 120 cm³/mol. The van der Waals surface area contributed by atoms with Crippen molar-refractivity contribution in [3.8, 4) is 11.1 Å². The Bertz CT molecular complexity index is 1130. The molecule has 3 aromatic rings. The van der Waals surface area contributed by atoms with Crippen molar-refractivity contribution in [2.75, 3.05) is 13.2 Å². The van der Waals surface area contributed by atoms with E-state index in [9.17, 15) is 14.9 Å². The molecule has 6 nitrogen and oxygen atoms in total. The number of amides is 1. The molecule has 0 radical (unpaired) electrons. The Kier molecular flexibility index (Phi) is 6.00. The topological polar surface area (TPSA) is 81.5 Å². The first-order valence-corrected chi connectivity index (χ1v) is 10.1. The van der Waals surface area contributed by atoms with Gasteiger partial charge >= 0.3 is 6.09 Å². The van der Waals surface area contributed by atoms with Crippen molar-refractivity contribution in [2.45, 2.75) is 5.92 Å². The summed E-state index contributed by atoms with van der Waals surface area (Å²) in [6, 6.07) is 20.8. The number of hydrogen-bond donors (Lipinski definition) is 1. The summed E-state index contributed by atoms with van der Waals surface area (Å²) in [7, 11) is 0. The van der Waals surface area contributed by atoms with Crippen LogP contribution >= 0.6 is 11.6 Å². The number of nitro groups is 1. The fraction of sp³-hybridized carbons (Fsp3) is 0.125. The summed E-state index contributed by atoms with van der Waals surface area (Å²) in [5.74, 6) is 0.00306. The summed E-state index contributed by atoms with van der Waals surface area (Å²) in [5, 5.41) is 13.7. The Morgan fingerprint density at radius 1 is 1.06 bits per heavy atom. The van der Waals surface area contributed by atoms with Gasteiger partial charge in [-0.25, -0.2) is 4.79 Å². The number of nitrogens with zero attached hydrogens (tertiary/aromatic N) is 1. The molecule has 0 atom stereocenters. The van der Waals surface area contributed by atoms with E-state index < -0.39 is 11.0 Å². The van der Waals surface area contributed by atoms with Gasteiger partial charge in [-0.2, -0.15) is 0 Å². The fourth-order valence-electron chi connectivity index (χ4n) is 3.76. The zero-order valence-corrected chi connectivity index (χ0v) is 17.2. The minimum atomic E-state index is -0.533. The van der Waals surface area contributed by atoms with Crippen LogP contribution in [0.4, 0.5) is 10.5 Å². The molecule has 7 heteroatoms. The van der Waals surface area contributed by atoms with Crippen LogP contribution in [0.2, 0.25) is 5.02 Å². The molecule has 1 aliphatic carbocycles. The lowest BCUT2D eigenvalue weighted by Gasteiger charge is -2.14. The van der Waals surface area contributed by atoms with Crippen LogP contribution in [-0.4, -0.2) is 24.2 Å². The van der Waals surface area contributed by atoms with E-state index >= 15 is 0 Å². The van der Waals surface area contributed by atoms with Crippen LogP contribution in [0.15, 0.2) is 72.8 Å². The summed E-state index contributed by atoms with van der Waals surface area (Å²) in [6.45, 7) is 0.472. The Morgan fingerprint density at radius 3 is 2.35 bits per heavy atom. The molecular weight excluding hydrogens is 416 g/mol. The molecule has 31 heavy (non-hydrogen) atoms. The maximum absolute atomic E-state index is 12.1. The van der Waals surface area contributed by atoms with Crippen LogP contribution in [-0.2, 0) is 4.74 Å². The molecule has 156 valence electrons. The van der Waals surface area contributed by atoms with Crippen LogP contribution in [0.5, 0.6) is 0 Å². The first-order chi connectivity index (χ1) is 15.0. The van der Waals surface area contributed by atoms with Crippen molar-refractivity contribution in [3.05, 3.63) is 105 Å². The van der Waals surface area contributed by atoms with Crippen molar-refractivity contribution in [3.63, 3.8) is 0 Å². The first kappa shape index (κ1) is 20.6. The molecule has 0 bridgehead atoms. The fourth-order valence-corrected chi connectivity index (χ4v) is 3.95. The number of alkyl carbamates (subject to hydrolysis) is 1. The van der Waals surface area contributed by atoms with Crippen LogP contribution in [0.25, 0.3) is 17.2 Å². The largest absolute Gasteiger partial charge is 0.449 e. The number of halogens is 1. The number of ether oxygens (including phenoxy) is 1. The summed E-state index contributed by atoms with van der Waals surface area (Å²) in [6.07, 6.45) is 2.84. The number of hydrogen-bond acceptors (Lipinski definition) is 4. The molecule has 0 saturated carbocycles. The molecule has 1 amide bonds. The lowest BCUT2D eigenvalue weighted by molar-refractivity contribution is -0.384. The quantitative estimate of drug-likeness (QED) is 0.392. The van der Waals surface area contributed by atoms with Gasteiger partial charge in [0, 0.05) is 18.5 Å². The first-order valence-electron chi connectivity index (χ1n) is 9.74. The van der Waals surface area contributed by atoms with Crippen molar-refractivity contribution in [1.82, 2.24) is 5.32 Å². The Hall–Kier alpha value is -3.64. The maximum atomic E-state index is 12.1. The van der Waals surface area contributed by atoms with Gasteiger partial charge in [-0.05, 0) is 33.9 Å². The number of carbonyl (C=O) groups excluding carboxylic acids is 1. The SMILES string of the molecule is O=C(NCC=Cc1ccc(Cl)c([N+](=O)[O-])c1)OCC1c2ccccc2-c2ccccc21. The maximum Gasteiger partial charge on any atom is 0.407 e. The molecule has 0 unspecified atom stereocenters. The summed E-state index contributed by atoms with van der Waals surface area (Å²) < 4.78 is 5.47. The number of nitro benzene ring substituents is 1. The van der Waals surface area contributed by atoms with Crippen molar-refractivity contribution in [2.24, 2.45) is 0 Å². The van der Waals surface area contributed by atoms with Gasteiger partial charge in [-0.1, -0.05) is 78.4 Å². The second-order valence-corrected chi connectivity index (χ2v) is 7.48. The van der Waals surface area contributed by atoms with Crippen LogP contribution in [0.1, 0.15) is 22.6 Å². The van der Waals surface area contributed by atoms with Gasteiger partial charge in [0.1, 0.15) is 11.6 Å². The van der Waals surface area contributed by atoms with Crippen molar-refractivity contribution < 1.29 is 14.5 Å². The minimum Gasteiger partial charge on any atom is -0.449 e. The zero-order chi connectivity index (χ0) is 21.8. The predicted octanol–water partition coefficient (Wildman–Crippen LogP) is 5.80. The van der Waals surface area contributed by atoms with Gasteiger partial charge in [-0.3, -0.25) is 10.1 Å². The van der Waals surface area contributed by atoms with E-state index in [0.29, 0.717) is 5.56 Å². The van der Waals surface area contributed by atoms with Gasteiger partial charge in [-0.15, -0.1) is 0 Å². The van der Waals surface area contributed by atoms with Crippen LogP contribution in [0.3, 0.4) is 0 Å². The van der Waals surface area contributed by atoms with E-state index in [0.717, 1.165) is 11.1 Å². The molecule has 0 saturated heterocycles. The molecular formula is C24H19ClN2O4. The third-order valence-corrected chi connectivity index (χ3v) is 5.50. The monoisotopic (exact) mass is 434 g/mol. The number of nitrogens with one attached hydrogen (secondary N) is 1. The van der Waals surface area contributed by atoms with Gasteiger partial charge in [0.15, 0.2) is 0 Å². The highest BCUT2D eigenvalue weighted by Gasteiger charge is 2.28. The minimum absolute atomic E-state index is 0.00306. The second-order valence-electron chi connectivity index (χ2n) is 7.08. The molecule has 0 aliphatic heterocycles. The van der Waals surface area contributed by atoms with E-state index in [4.69, 9.17) is 16.3 Å². The van der Waals surface area contributed by atoms with E-state index in [-0.39, 0.29) is 29.8 Å². The molecule has 1 aliphatic rings. The van der Waals surface area contributed by atoms with Gasteiger partial charge in [0.05, 0.1) is 4.92 Å². The highest BCUT2D eigenvalue weighted by molar-refractivity contribution is 6.32. The number of carbonyl (C=O) groups is 1. The van der Waals surface area contributed by atoms with Gasteiger partial charge < -0.3 is 10.1 Å². The lowest BCUT2D eigenvalue weighted by atomic mass is 9.98. The Morgan fingerprint density at radius 2 is 1.71 bits per heavy atom. The number of fused-ring (bicyclic) bond motifs is 3. The Labute approximate surface area is 184 Å². The Balaban J connectivity index is 1.33. The van der Waals surface area contributed by atoms with E-state index in [1.165, 1.54) is 23.3 Å².